The van der Waals surface area contributed by atoms with Crippen molar-refractivity contribution in [1.29, 1.82) is 0 Å². The summed E-state index contributed by atoms with van der Waals surface area (Å²) >= 11 is 0. The van der Waals surface area contributed by atoms with Crippen molar-refractivity contribution in [1.82, 2.24) is 0 Å². The topological polar surface area (TPSA) is 265 Å². The van der Waals surface area contributed by atoms with E-state index in [-0.39, 0.29) is 39.4 Å². The second kappa shape index (κ2) is 12.1. The fourth-order valence-corrected chi connectivity index (χ4v) is 4.87. The maximum absolute atomic E-state index is 12.3. The zero-order chi connectivity index (χ0) is 31.5. The standard InChI is InChI=1S/C24H18N6O11S2/c31-22-10-5-16(26-20-9-7-18(30(34)35)13-24(20)43(39,40)41)11-21(22)28-27-15-3-1-14(2-4-15)25-19-8-6-17(29(32)33)12-23(19)42(36,37)38/h1-13,32-33H,(H3-,25,26,28,36,37,38,39,40,41)/p+1. The number of nitrogens with one attached hydrogen (secondary N) is 1. The van der Waals surface area contributed by atoms with E-state index < -0.39 is 46.8 Å². The Balaban J connectivity index is 1.56. The molecule has 3 aromatic rings. The molecule has 3 aromatic carbocycles. The second-order valence-electron chi connectivity index (χ2n) is 8.49. The SMILES string of the molecule is O=C1C=CC(=Nc2ccc([N+](=O)[O-])cc2S(=O)(=O)O)C=C1N=Nc1ccc(Nc2ccc(N(O)O)cc2[S+](=O)(O)O)cc1. The number of carbonyl (C=O) groups excluding carboxylic acids is 1. The van der Waals surface area contributed by atoms with E-state index in [1.807, 2.05) is 0 Å². The van der Waals surface area contributed by atoms with Crippen LogP contribution in [0, 0.1) is 10.1 Å². The molecule has 0 spiro atoms. The number of aliphatic imine (C=N–C) groups is 1. The monoisotopic (exact) mass is 631 g/mol. The fourth-order valence-electron chi connectivity index (χ4n) is 3.55. The number of rotatable bonds is 9. The number of carbonyl (C=O) groups is 1. The smallest absolute Gasteiger partial charge is 0.351 e. The minimum absolute atomic E-state index is 0.0169. The molecule has 0 radical (unpaired) electrons. The van der Waals surface area contributed by atoms with Crippen LogP contribution in [0.5, 0.6) is 0 Å². The van der Waals surface area contributed by atoms with Gasteiger partial charge < -0.3 is 5.32 Å². The molecule has 17 nitrogen and oxygen atoms in total. The van der Waals surface area contributed by atoms with Crippen molar-refractivity contribution >= 4 is 66.2 Å². The summed E-state index contributed by atoms with van der Waals surface area (Å²) < 4.78 is 64.1. The summed E-state index contributed by atoms with van der Waals surface area (Å²) in [5.74, 6) is -0.559. The minimum atomic E-state index is -4.88. The van der Waals surface area contributed by atoms with Gasteiger partial charge in [-0.05, 0) is 64.9 Å². The molecular formula is C24H19N6O11S2+. The third-order valence-electron chi connectivity index (χ3n) is 5.53. The lowest BCUT2D eigenvalue weighted by molar-refractivity contribution is -0.385. The number of hydrogen-bond donors (Lipinski definition) is 6. The summed E-state index contributed by atoms with van der Waals surface area (Å²) in [4.78, 5) is 25.2. The summed E-state index contributed by atoms with van der Waals surface area (Å²) in [5.41, 5.74) is -0.740. The normalized spacial score (nSPS) is 14.7. The number of non-ortho nitro benzene ring substituents is 1. The highest BCUT2D eigenvalue weighted by Gasteiger charge is 2.31. The number of nitrogens with zero attached hydrogens (tertiary/aromatic N) is 5. The fraction of sp³-hybridized carbons (Fsp3) is 0. The highest BCUT2D eigenvalue weighted by Crippen LogP contribution is 2.32. The Labute approximate surface area is 242 Å². The zero-order valence-corrected chi connectivity index (χ0v) is 22.9. The Morgan fingerprint density at radius 3 is 2.26 bits per heavy atom. The Bertz CT molecular complexity index is 1900. The van der Waals surface area contributed by atoms with Gasteiger partial charge in [0.2, 0.25) is 5.78 Å². The number of azo groups is 1. The van der Waals surface area contributed by atoms with Crippen LogP contribution >= 0.6 is 0 Å². The minimum Gasteiger partial charge on any atom is -0.351 e. The van der Waals surface area contributed by atoms with Crippen molar-refractivity contribution in [2.45, 2.75) is 9.79 Å². The van der Waals surface area contributed by atoms with E-state index in [0.717, 1.165) is 24.3 Å². The third kappa shape index (κ3) is 7.64. The van der Waals surface area contributed by atoms with Crippen molar-refractivity contribution in [3.05, 3.63) is 94.7 Å². The molecule has 0 aromatic heterocycles. The number of allylic oxidation sites excluding steroid dienone is 3. The summed E-state index contributed by atoms with van der Waals surface area (Å²) in [5, 5.41) is 39.6. The highest BCUT2D eigenvalue weighted by molar-refractivity contribution is 7.92. The van der Waals surface area contributed by atoms with Crippen molar-refractivity contribution in [3.63, 3.8) is 0 Å². The average Bonchev–Trinajstić information content (AvgIpc) is 2.93. The van der Waals surface area contributed by atoms with Crippen molar-refractivity contribution in [2.24, 2.45) is 15.2 Å². The van der Waals surface area contributed by atoms with Crippen LogP contribution in [0.3, 0.4) is 0 Å². The zero-order valence-electron chi connectivity index (χ0n) is 21.2. The predicted octanol–water partition coefficient (Wildman–Crippen LogP) is 4.85. The lowest BCUT2D eigenvalue weighted by atomic mass is 10.1. The largest absolute Gasteiger partial charge is 0.388 e. The van der Waals surface area contributed by atoms with E-state index in [1.54, 1.807) is 0 Å². The molecule has 19 heteroatoms. The first-order valence-corrected chi connectivity index (χ1v) is 14.4. The van der Waals surface area contributed by atoms with Crippen LogP contribution < -0.4 is 10.5 Å². The van der Waals surface area contributed by atoms with E-state index in [4.69, 9.17) is 10.4 Å². The number of ketones is 1. The highest BCUT2D eigenvalue weighted by atomic mass is 32.3. The molecule has 0 aliphatic heterocycles. The molecule has 0 saturated carbocycles. The third-order valence-corrected chi connectivity index (χ3v) is 7.32. The van der Waals surface area contributed by atoms with E-state index in [9.17, 15) is 41.2 Å². The molecule has 0 amide bonds. The van der Waals surface area contributed by atoms with Crippen LogP contribution in [0.1, 0.15) is 0 Å². The number of hydrogen-bond acceptors (Lipinski definition) is 13. The van der Waals surface area contributed by atoms with Gasteiger partial charge in [-0.15, -0.1) is 10.3 Å². The van der Waals surface area contributed by atoms with Crippen molar-refractivity contribution in [3.8, 4) is 0 Å². The molecule has 0 bridgehead atoms. The molecule has 0 unspecified atom stereocenters. The molecule has 0 atom stereocenters. The van der Waals surface area contributed by atoms with Gasteiger partial charge in [0, 0.05) is 23.9 Å². The van der Waals surface area contributed by atoms with Gasteiger partial charge in [-0.3, -0.25) is 29.9 Å². The maximum Gasteiger partial charge on any atom is 0.388 e. The lowest BCUT2D eigenvalue weighted by Crippen LogP contribution is -2.15. The molecule has 6 N–H and O–H groups in total. The molecule has 0 heterocycles. The first kappa shape index (κ1) is 30.9. The van der Waals surface area contributed by atoms with Gasteiger partial charge in [0.1, 0.15) is 16.3 Å². The molecule has 4 rings (SSSR count). The first-order valence-electron chi connectivity index (χ1n) is 11.5. The summed E-state index contributed by atoms with van der Waals surface area (Å²) in [6.07, 6.45) is 3.52. The predicted molar refractivity (Wildman–Crippen MR) is 151 cm³/mol. The van der Waals surface area contributed by atoms with Gasteiger partial charge in [0.05, 0.1) is 27.7 Å². The first-order chi connectivity index (χ1) is 20.1. The maximum atomic E-state index is 12.3. The van der Waals surface area contributed by atoms with Gasteiger partial charge >= 0.3 is 10.5 Å². The lowest BCUT2D eigenvalue weighted by Gasteiger charge is -2.12. The van der Waals surface area contributed by atoms with Crippen LogP contribution in [-0.2, 0) is 29.6 Å². The number of nitro groups is 1. The van der Waals surface area contributed by atoms with Crippen LogP contribution in [0.25, 0.3) is 0 Å². The molecule has 0 saturated heterocycles. The number of benzene rings is 3. The van der Waals surface area contributed by atoms with Gasteiger partial charge in [0.25, 0.3) is 20.7 Å². The van der Waals surface area contributed by atoms with E-state index in [0.29, 0.717) is 11.8 Å². The molecule has 1 aliphatic rings. The average molecular weight is 632 g/mol. The number of nitro benzene ring substituents is 1. The molecule has 43 heavy (non-hydrogen) atoms. The van der Waals surface area contributed by atoms with Gasteiger partial charge in [-0.25, -0.2) is 4.99 Å². The van der Waals surface area contributed by atoms with Crippen LogP contribution in [0.15, 0.2) is 110 Å². The van der Waals surface area contributed by atoms with E-state index in [2.05, 4.69) is 20.5 Å². The Hall–Kier alpha value is -5.02. The van der Waals surface area contributed by atoms with E-state index >= 15 is 0 Å². The Kier molecular flexibility index (Phi) is 8.68. The van der Waals surface area contributed by atoms with Gasteiger partial charge in [-0.1, -0.05) is 0 Å². The summed E-state index contributed by atoms with van der Waals surface area (Å²) in [6.45, 7) is 0. The molecule has 1 aliphatic carbocycles. The van der Waals surface area contributed by atoms with Crippen LogP contribution in [0.4, 0.5) is 34.1 Å². The number of anilines is 3. The van der Waals surface area contributed by atoms with Gasteiger partial charge in [-0.2, -0.15) is 22.6 Å². The van der Waals surface area contributed by atoms with E-state index in [1.165, 1.54) is 48.6 Å². The van der Waals surface area contributed by atoms with Gasteiger partial charge in [0.15, 0.2) is 0 Å². The summed E-state index contributed by atoms with van der Waals surface area (Å²) in [6, 6.07) is 11.9. The quantitative estimate of drug-likeness (QED) is 0.0461. The molecule has 222 valence electrons. The van der Waals surface area contributed by atoms with Crippen molar-refractivity contribution in [2.75, 3.05) is 10.5 Å². The Morgan fingerprint density at radius 2 is 1.65 bits per heavy atom. The van der Waals surface area contributed by atoms with Crippen LogP contribution in [0.2, 0.25) is 0 Å². The van der Waals surface area contributed by atoms with Crippen LogP contribution in [-0.4, -0.2) is 48.9 Å². The summed E-state index contributed by atoms with van der Waals surface area (Å²) in [7, 11) is -9.38. The van der Waals surface area contributed by atoms with Crippen molar-refractivity contribution < 1.29 is 46.4 Å². The second-order valence-corrected chi connectivity index (χ2v) is 11.3. The molecule has 0 fully saturated rings. The Morgan fingerprint density at radius 1 is 0.953 bits per heavy atom. The molecular weight excluding hydrogens is 612 g/mol.